The van der Waals surface area contributed by atoms with E-state index >= 15 is 0 Å². The van der Waals surface area contributed by atoms with Crippen molar-refractivity contribution in [2.75, 3.05) is 25.0 Å². The SMILES string of the molecule is C=NC(=C\C=NC1CCCN(C(=C)Nc2cc(C)ccc2O)C1)/C(=C(/N=C)c1ccc(F)cc1)N1C=CCC1. The molecule has 7 nitrogen and oxygen atoms in total. The van der Waals surface area contributed by atoms with Crippen LogP contribution in [0.15, 0.2) is 99.6 Å². The number of phenolic OH excluding ortho intramolecular Hbond substituents is 1. The van der Waals surface area contributed by atoms with Crippen molar-refractivity contribution in [3.8, 4) is 5.75 Å². The Balaban J connectivity index is 1.53. The van der Waals surface area contributed by atoms with Crippen molar-refractivity contribution in [1.82, 2.24) is 9.80 Å². The lowest BCUT2D eigenvalue weighted by Gasteiger charge is -2.34. The van der Waals surface area contributed by atoms with Crippen LogP contribution in [0.1, 0.15) is 30.4 Å². The van der Waals surface area contributed by atoms with Gasteiger partial charge in [0.15, 0.2) is 0 Å². The van der Waals surface area contributed by atoms with E-state index in [1.165, 1.54) is 12.1 Å². The molecule has 2 aromatic rings. The van der Waals surface area contributed by atoms with Crippen LogP contribution in [0.2, 0.25) is 0 Å². The van der Waals surface area contributed by atoms with Crippen molar-refractivity contribution in [3.63, 3.8) is 0 Å². The van der Waals surface area contributed by atoms with Crippen LogP contribution in [0.5, 0.6) is 5.75 Å². The molecule has 0 saturated carbocycles. The number of piperidine rings is 1. The van der Waals surface area contributed by atoms with Gasteiger partial charge in [0.05, 0.1) is 34.6 Å². The van der Waals surface area contributed by atoms with Crippen LogP contribution < -0.4 is 5.32 Å². The predicted molar refractivity (Wildman–Crippen MR) is 160 cm³/mol. The molecule has 8 heteroatoms. The minimum atomic E-state index is -0.315. The number of benzene rings is 2. The number of anilines is 1. The average molecular weight is 527 g/mol. The Morgan fingerprint density at radius 3 is 2.62 bits per heavy atom. The van der Waals surface area contributed by atoms with Gasteiger partial charge in [-0.25, -0.2) is 4.39 Å². The second-order valence-electron chi connectivity index (χ2n) is 9.57. The molecule has 2 N–H and O–H groups in total. The van der Waals surface area contributed by atoms with Gasteiger partial charge < -0.3 is 20.2 Å². The Hall–Kier alpha value is -4.46. The molecular formula is C31H35FN6O. The fraction of sp³-hybridized carbons (Fsp3) is 0.258. The molecular weight excluding hydrogens is 491 g/mol. The maximum absolute atomic E-state index is 13.6. The third-order valence-electron chi connectivity index (χ3n) is 6.76. The summed E-state index contributed by atoms with van der Waals surface area (Å²) in [6.07, 6.45) is 10.5. The summed E-state index contributed by atoms with van der Waals surface area (Å²) in [4.78, 5) is 17.6. The van der Waals surface area contributed by atoms with Crippen LogP contribution in [0.4, 0.5) is 10.1 Å². The molecule has 0 spiro atoms. The number of allylic oxidation sites excluding steroid dienone is 1. The van der Waals surface area contributed by atoms with Crippen LogP contribution in [0.3, 0.4) is 0 Å². The number of halogens is 1. The maximum atomic E-state index is 13.6. The van der Waals surface area contributed by atoms with Gasteiger partial charge in [-0.1, -0.05) is 18.7 Å². The Morgan fingerprint density at radius 2 is 1.92 bits per heavy atom. The zero-order valence-electron chi connectivity index (χ0n) is 22.4. The van der Waals surface area contributed by atoms with Gasteiger partial charge in [-0.05, 0) is 87.7 Å². The molecule has 0 aromatic heterocycles. The summed E-state index contributed by atoms with van der Waals surface area (Å²) in [6, 6.07) is 11.7. The van der Waals surface area contributed by atoms with Gasteiger partial charge in [-0.3, -0.25) is 15.0 Å². The van der Waals surface area contributed by atoms with Crippen LogP contribution in [-0.4, -0.2) is 60.2 Å². The topological polar surface area (TPSA) is 75.8 Å². The van der Waals surface area contributed by atoms with E-state index in [1.54, 1.807) is 24.4 Å². The zero-order valence-corrected chi connectivity index (χ0v) is 22.4. The third-order valence-corrected chi connectivity index (χ3v) is 6.76. The van der Waals surface area contributed by atoms with Crippen molar-refractivity contribution in [3.05, 3.63) is 102 Å². The zero-order chi connectivity index (χ0) is 27.8. The lowest BCUT2D eigenvalue weighted by molar-refractivity contribution is 0.264. The molecule has 0 amide bonds. The van der Waals surface area contributed by atoms with Crippen molar-refractivity contribution >= 4 is 31.0 Å². The number of nitrogens with one attached hydrogen (secondary N) is 1. The highest BCUT2D eigenvalue weighted by atomic mass is 19.1. The van der Waals surface area contributed by atoms with E-state index in [2.05, 4.69) is 51.2 Å². The number of aryl methyl sites for hydroxylation is 1. The molecule has 2 aliphatic rings. The molecule has 1 fully saturated rings. The molecule has 0 radical (unpaired) electrons. The second-order valence-corrected chi connectivity index (χ2v) is 9.57. The lowest BCUT2D eigenvalue weighted by atomic mass is 10.1. The molecule has 2 aromatic carbocycles. The first-order chi connectivity index (χ1) is 18.9. The normalized spacial score (nSPS) is 18.3. The Bertz CT molecular complexity index is 1340. The molecule has 2 aliphatic heterocycles. The minimum absolute atomic E-state index is 0.0685. The molecule has 1 atom stereocenters. The predicted octanol–water partition coefficient (Wildman–Crippen LogP) is 6.13. The fourth-order valence-corrected chi connectivity index (χ4v) is 4.74. The van der Waals surface area contributed by atoms with E-state index in [0.717, 1.165) is 55.0 Å². The highest BCUT2D eigenvalue weighted by molar-refractivity contribution is 5.79. The van der Waals surface area contributed by atoms with Crippen LogP contribution >= 0.6 is 0 Å². The number of aliphatic imine (C=N–C) groups is 3. The first-order valence-electron chi connectivity index (χ1n) is 13.0. The van der Waals surface area contributed by atoms with E-state index in [9.17, 15) is 9.50 Å². The van der Waals surface area contributed by atoms with Crippen LogP contribution in [-0.2, 0) is 0 Å². The van der Waals surface area contributed by atoms with Crippen molar-refractivity contribution in [2.24, 2.45) is 15.0 Å². The summed E-state index contributed by atoms with van der Waals surface area (Å²) in [7, 11) is 0. The summed E-state index contributed by atoms with van der Waals surface area (Å²) in [5.41, 5.74) is 4.37. The quantitative estimate of drug-likeness (QED) is 0.222. The van der Waals surface area contributed by atoms with Crippen LogP contribution in [0, 0.1) is 12.7 Å². The van der Waals surface area contributed by atoms with E-state index in [4.69, 9.17) is 4.99 Å². The van der Waals surface area contributed by atoms with Gasteiger partial charge in [0.1, 0.15) is 11.6 Å². The Kier molecular flexibility index (Phi) is 9.10. The summed E-state index contributed by atoms with van der Waals surface area (Å²) >= 11 is 0. The first-order valence-corrected chi connectivity index (χ1v) is 13.0. The van der Waals surface area contributed by atoms with E-state index < -0.39 is 0 Å². The van der Waals surface area contributed by atoms with Crippen molar-refractivity contribution in [1.29, 1.82) is 0 Å². The molecule has 0 bridgehead atoms. The Morgan fingerprint density at radius 1 is 1.13 bits per heavy atom. The van der Waals surface area contributed by atoms with Gasteiger partial charge in [0.2, 0.25) is 0 Å². The summed E-state index contributed by atoms with van der Waals surface area (Å²) in [5.74, 6) is 0.602. The van der Waals surface area contributed by atoms with Gasteiger partial charge in [0.25, 0.3) is 0 Å². The fourth-order valence-electron chi connectivity index (χ4n) is 4.74. The minimum Gasteiger partial charge on any atom is -0.506 e. The third kappa shape index (κ3) is 6.90. The lowest BCUT2D eigenvalue weighted by Crippen LogP contribution is -2.38. The maximum Gasteiger partial charge on any atom is 0.139 e. The van der Waals surface area contributed by atoms with Gasteiger partial charge in [-0.15, -0.1) is 0 Å². The number of hydrogen-bond acceptors (Lipinski definition) is 7. The van der Waals surface area contributed by atoms with Gasteiger partial charge in [-0.2, -0.15) is 0 Å². The summed E-state index contributed by atoms with van der Waals surface area (Å²) in [5, 5.41) is 13.4. The highest BCUT2D eigenvalue weighted by Crippen LogP contribution is 2.31. The molecule has 2 heterocycles. The second kappa shape index (κ2) is 12.9. The number of nitrogens with zero attached hydrogens (tertiary/aromatic N) is 5. The molecule has 4 rings (SSSR count). The van der Waals surface area contributed by atoms with Crippen molar-refractivity contribution < 1.29 is 9.50 Å². The molecule has 1 unspecified atom stereocenters. The molecule has 39 heavy (non-hydrogen) atoms. The number of rotatable bonds is 10. The number of likely N-dealkylation sites (tertiary alicyclic amines) is 1. The first kappa shape index (κ1) is 27.6. The summed E-state index contributed by atoms with van der Waals surface area (Å²) < 4.78 is 13.6. The molecule has 0 aliphatic carbocycles. The monoisotopic (exact) mass is 526 g/mol. The van der Waals surface area contributed by atoms with E-state index in [1.807, 2.05) is 31.3 Å². The number of hydrogen-bond donors (Lipinski definition) is 2. The van der Waals surface area contributed by atoms with Gasteiger partial charge >= 0.3 is 0 Å². The standard InChI is InChI=1S/C31H35FN6O/c1-22-9-14-29(39)28(20-22)36-23(2)38-19-7-8-26(21-38)35-16-15-27(33-3)31(37-17-5-6-18-37)30(34-4)24-10-12-25(32)13-11-24/h5,9-17,20,26,36,39H,2-4,6-8,18-19,21H2,1H3/b27-15-,31-30-,35-16?. The summed E-state index contributed by atoms with van der Waals surface area (Å²) in [6.45, 7) is 16.1. The van der Waals surface area contributed by atoms with Gasteiger partial charge in [0, 0.05) is 37.6 Å². The van der Waals surface area contributed by atoms with Crippen LogP contribution in [0.25, 0.3) is 5.70 Å². The number of aromatic hydroxyl groups is 1. The number of phenols is 1. The average Bonchev–Trinajstić information content (AvgIpc) is 3.47. The van der Waals surface area contributed by atoms with Crippen molar-refractivity contribution in [2.45, 2.75) is 32.2 Å². The van der Waals surface area contributed by atoms with E-state index in [0.29, 0.717) is 23.6 Å². The Labute approximate surface area is 229 Å². The van der Waals surface area contributed by atoms with E-state index in [-0.39, 0.29) is 17.6 Å². The smallest absolute Gasteiger partial charge is 0.139 e. The molecule has 202 valence electrons. The molecule has 1 saturated heterocycles. The largest absolute Gasteiger partial charge is 0.506 e. The highest BCUT2D eigenvalue weighted by Gasteiger charge is 2.22.